The van der Waals surface area contributed by atoms with Crippen molar-refractivity contribution in [2.45, 2.75) is 63.5 Å². The van der Waals surface area contributed by atoms with Gasteiger partial charge in [0.05, 0.1) is 19.3 Å². The number of ether oxygens (including phenoxy) is 1. The zero-order valence-electron chi connectivity index (χ0n) is 20.2. The molecule has 5 nitrogen and oxygen atoms in total. The quantitative estimate of drug-likeness (QED) is 0.315. The normalized spacial score (nSPS) is 19.3. The van der Waals surface area contributed by atoms with E-state index in [1.54, 1.807) is 18.2 Å². The first-order chi connectivity index (χ1) is 16.7. The lowest BCUT2D eigenvalue weighted by Crippen LogP contribution is -2.36. The number of carbonyl (C=O) groups excluding carboxylic acids is 2. The zero-order chi connectivity index (χ0) is 25.4. The summed E-state index contributed by atoms with van der Waals surface area (Å²) in [5.41, 5.74) is 1.25. The second-order valence-electron chi connectivity index (χ2n) is 9.07. The van der Waals surface area contributed by atoms with Crippen LogP contribution in [0.25, 0.3) is 0 Å². The van der Waals surface area contributed by atoms with Crippen molar-refractivity contribution in [2.75, 3.05) is 13.7 Å². The number of esters is 1. The highest BCUT2D eigenvalue weighted by Crippen LogP contribution is 2.34. The molecule has 8 heteroatoms. The Balaban J connectivity index is 1.51. The summed E-state index contributed by atoms with van der Waals surface area (Å²) in [6.07, 6.45) is 5.47. The molecule has 35 heavy (non-hydrogen) atoms. The number of nitrogens with zero attached hydrogens (tertiary/aromatic N) is 1. The molecule has 1 aliphatic heterocycles. The smallest absolute Gasteiger partial charge is 0.348 e. The number of likely N-dealkylation sites (tertiary alicyclic amines) is 1. The number of carbonyl (C=O) groups is 2. The highest BCUT2D eigenvalue weighted by molar-refractivity contribution is 7.13. The summed E-state index contributed by atoms with van der Waals surface area (Å²) < 4.78 is 33.1. The average molecular weight is 506 g/mol. The largest absolute Gasteiger partial charge is 0.465 e. The lowest BCUT2D eigenvalue weighted by atomic mass is 9.95. The van der Waals surface area contributed by atoms with Crippen molar-refractivity contribution in [1.82, 2.24) is 4.90 Å². The molecule has 1 amide bonds. The third kappa shape index (κ3) is 7.45. The van der Waals surface area contributed by atoms with Crippen LogP contribution in [-0.4, -0.2) is 53.6 Å². The molecule has 3 atom stereocenters. The van der Waals surface area contributed by atoms with Crippen molar-refractivity contribution in [3.05, 3.63) is 69.9 Å². The van der Waals surface area contributed by atoms with Crippen molar-refractivity contribution in [3.8, 4) is 0 Å². The standard InChI is InChI=1S/C27H33F2NO4S/c1-19(8-6-11-20-9-4-3-5-10-20)23(31)15-13-21-18-27(28,29)26(33)30(21)17-7-12-22-14-16-24(35-22)25(32)34-2/h3-5,9-10,13-16,19,21,23,31H,6-8,11-12,17-18H2,1-2H3/t19-,21?,23+/m0/s1. The highest BCUT2D eigenvalue weighted by atomic mass is 32.1. The summed E-state index contributed by atoms with van der Waals surface area (Å²) in [7, 11) is 1.32. The number of halogens is 2. The number of aliphatic hydroxyl groups is 1. The molecule has 1 saturated heterocycles. The van der Waals surface area contributed by atoms with E-state index in [2.05, 4.69) is 12.1 Å². The van der Waals surface area contributed by atoms with E-state index in [9.17, 15) is 23.5 Å². The van der Waals surface area contributed by atoms with E-state index >= 15 is 0 Å². The number of thiophene rings is 1. The predicted octanol–water partition coefficient (Wildman–Crippen LogP) is 5.28. The third-order valence-corrected chi connectivity index (χ3v) is 7.52. The molecule has 2 aromatic rings. The summed E-state index contributed by atoms with van der Waals surface area (Å²) in [5, 5.41) is 10.5. The molecule has 0 saturated carbocycles. The Kier molecular flexibility index (Phi) is 9.57. The zero-order valence-corrected chi connectivity index (χ0v) is 21.0. The van der Waals surface area contributed by atoms with Crippen LogP contribution >= 0.6 is 11.3 Å². The van der Waals surface area contributed by atoms with E-state index in [-0.39, 0.29) is 12.5 Å². The first-order valence-electron chi connectivity index (χ1n) is 12.0. The van der Waals surface area contributed by atoms with Crippen molar-refractivity contribution in [3.63, 3.8) is 0 Å². The second kappa shape index (κ2) is 12.4. The lowest BCUT2D eigenvalue weighted by Gasteiger charge is -2.22. The number of alkyl halides is 2. The van der Waals surface area contributed by atoms with Gasteiger partial charge in [-0.1, -0.05) is 49.4 Å². The molecule has 1 aromatic carbocycles. The van der Waals surface area contributed by atoms with Gasteiger partial charge in [-0.3, -0.25) is 4.79 Å². The van der Waals surface area contributed by atoms with Crippen molar-refractivity contribution >= 4 is 23.2 Å². The SMILES string of the molecule is COC(=O)c1ccc(CCCN2C(=O)C(F)(F)CC2C=C[C@@H](O)[C@@H](C)CCCc2ccccc2)s1. The van der Waals surface area contributed by atoms with E-state index < -0.39 is 36.4 Å². The molecule has 0 spiro atoms. The molecule has 3 rings (SSSR count). The summed E-state index contributed by atoms with van der Waals surface area (Å²) in [4.78, 5) is 26.5. The Morgan fingerprint density at radius 2 is 1.97 bits per heavy atom. The molecule has 0 radical (unpaired) electrons. The Morgan fingerprint density at radius 3 is 2.69 bits per heavy atom. The molecule has 0 aliphatic carbocycles. The Hall–Kier alpha value is -2.58. The average Bonchev–Trinajstić information content (AvgIpc) is 3.40. The monoisotopic (exact) mass is 505 g/mol. The number of benzene rings is 1. The molecular formula is C27H33F2NO4S. The molecule has 2 heterocycles. The lowest BCUT2D eigenvalue weighted by molar-refractivity contribution is -0.148. The molecule has 1 aliphatic rings. The van der Waals surface area contributed by atoms with Crippen molar-refractivity contribution in [1.29, 1.82) is 0 Å². The highest BCUT2D eigenvalue weighted by Gasteiger charge is 2.52. The van der Waals surface area contributed by atoms with Crippen molar-refractivity contribution in [2.24, 2.45) is 5.92 Å². The van der Waals surface area contributed by atoms with E-state index in [0.29, 0.717) is 17.7 Å². The minimum atomic E-state index is -3.40. The molecule has 0 bridgehead atoms. The van der Waals surface area contributed by atoms with Gasteiger partial charge in [0.1, 0.15) is 4.88 Å². The van der Waals surface area contributed by atoms with Gasteiger partial charge in [-0.25, -0.2) is 4.79 Å². The van der Waals surface area contributed by atoms with Gasteiger partial charge in [0.25, 0.3) is 5.91 Å². The maximum atomic E-state index is 14.2. The molecule has 190 valence electrons. The Bertz CT molecular complexity index is 1010. The van der Waals surface area contributed by atoms with Gasteiger partial charge >= 0.3 is 11.9 Å². The maximum absolute atomic E-state index is 14.2. The second-order valence-corrected chi connectivity index (χ2v) is 10.2. The summed E-state index contributed by atoms with van der Waals surface area (Å²) in [6, 6.07) is 12.9. The number of hydrogen-bond acceptors (Lipinski definition) is 5. The van der Waals surface area contributed by atoms with Crippen LogP contribution in [0.2, 0.25) is 0 Å². The van der Waals surface area contributed by atoms with Gasteiger partial charge in [-0.05, 0) is 55.7 Å². The summed E-state index contributed by atoms with van der Waals surface area (Å²) >= 11 is 1.30. The van der Waals surface area contributed by atoms with Gasteiger partial charge in [-0.2, -0.15) is 8.78 Å². The van der Waals surface area contributed by atoms with Gasteiger partial charge in [0.15, 0.2) is 0 Å². The van der Waals surface area contributed by atoms with Crippen LogP contribution in [0.5, 0.6) is 0 Å². The summed E-state index contributed by atoms with van der Waals surface area (Å²) in [5.74, 6) is -5.00. The van der Waals surface area contributed by atoms with Crippen LogP contribution in [-0.2, 0) is 22.4 Å². The van der Waals surface area contributed by atoms with Crippen LogP contribution in [0, 0.1) is 5.92 Å². The predicted molar refractivity (Wildman–Crippen MR) is 133 cm³/mol. The van der Waals surface area contributed by atoms with Crippen LogP contribution < -0.4 is 0 Å². The topological polar surface area (TPSA) is 66.8 Å². The Morgan fingerprint density at radius 1 is 1.23 bits per heavy atom. The van der Waals surface area contributed by atoms with Gasteiger partial charge in [0, 0.05) is 17.8 Å². The fraction of sp³-hybridized carbons (Fsp3) is 0.481. The minimum Gasteiger partial charge on any atom is -0.465 e. The van der Waals surface area contributed by atoms with E-state index in [4.69, 9.17) is 4.74 Å². The van der Waals surface area contributed by atoms with Crippen LogP contribution in [0.4, 0.5) is 8.78 Å². The number of aryl methyl sites for hydroxylation is 2. The number of methoxy groups -OCH3 is 1. The first-order valence-corrected chi connectivity index (χ1v) is 12.8. The van der Waals surface area contributed by atoms with Crippen molar-refractivity contribution < 1.29 is 28.2 Å². The van der Waals surface area contributed by atoms with Gasteiger partial charge in [0.2, 0.25) is 0 Å². The third-order valence-electron chi connectivity index (χ3n) is 6.39. The molecule has 1 aromatic heterocycles. The van der Waals surface area contributed by atoms with E-state index in [0.717, 1.165) is 24.1 Å². The first kappa shape index (κ1) is 27.0. The molecule has 1 N–H and O–H groups in total. The maximum Gasteiger partial charge on any atom is 0.348 e. The molecular weight excluding hydrogens is 472 g/mol. The van der Waals surface area contributed by atoms with Gasteiger partial charge < -0.3 is 14.7 Å². The van der Waals surface area contributed by atoms with Gasteiger partial charge in [-0.15, -0.1) is 11.3 Å². The van der Waals surface area contributed by atoms with E-state index in [1.165, 1.54) is 28.9 Å². The fourth-order valence-electron chi connectivity index (χ4n) is 4.28. The van der Waals surface area contributed by atoms with Crippen LogP contribution in [0.3, 0.4) is 0 Å². The van der Waals surface area contributed by atoms with Crippen LogP contribution in [0.1, 0.15) is 52.7 Å². The number of rotatable bonds is 12. The van der Waals surface area contributed by atoms with E-state index in [1.807, 2.05) is 31.2 Å². The summed E-state index contributed by atoms with van der Waals surface area (Å²) in [6.45, 7) is 2.12. The minimum absolute atomic E-state index is 0.0242. The number of hydrogen-bond donors (Lipinski definition) is 1. The number of amides is 1. The molecule has 1 fully saturated rings. The number of aliphatic hydroxyl groups excluding tert-OH is 1. The fourth-order valence-corrected chi connectivity index (χ4v) is 5.25. The molecule has 1 unspecified atom stereocenters. The Labute approximate surface area is 209 Å². The van der Waals surface area contributed by atoms with Crippen LogP contribution in [0.15, 0.2) is 54.6 Å².